The van der Waals surface area contributed by atoms with Gasteiger partial charge in [0.1, 0.15) is 5.75 Å². The highest BCUT2D eigenvalue weighted by molar-refractivity contribution is 6.22. The van der Waals surface area contributed by atoms with Crippen LogP contribution in [0.1, 0.15) is 34.3 Å². The Hall–Kier alpha value is -3.32. The molecule has 1 atom stereocenters. The van der Waals surface area contributed by atoms with Gasteiger partial charge in [0.05, 0.1) is 30.4 Å². The van der Waals surface area contributed by atoms with Crippen LogP contribution in [-0.2, 0) is 0 Å². The van der Waals surface area contributed by atoms with Crippen molar-refractivity contribution in [2.45, 2.75) is 12.8 Å². The Morgan fingerprint density at radius 3 is 2.48 bits per heavy atom. The minimum atomic E-state index is -0.433. The highest BCUT2D eigenvalue weighted by Crippen LogP contribution is 2.47. The maximum Gasteiger partial charge on any atom is 0.192 e. The molecule has 122 valence electrons. The zero-order valence-corrected chi connectivity index (χ0v) is 14.0. The van der Waals surface area contributed by atoms with E-state index in [9.17, 15) is 10.1 Å². The molecule has 0 saturated carbocycles. The van der Waals surface area contributed by atoms with Crippen LogP contribution in [0, 0.1) is 11.3 Å². The van der Waals surface area contributed by atoms with E-state index in [0.717, 1.165) is 22.5 Å². The Kier molecular flexibility index (Phi) is 3.43. The minimum Gasteiger partial charge on any atom is -0.496 e. The summed E-state index contributed by atoms with van der Waals surface area (Å²) in [4.78, 5) is 13.1. The highest BCUT2D eigenvalue weighted by Gasteiger charge is 2.41. The number of nitrogens with one attached hydrogen (secondary N) is 1. The van der Waals surface area contributed by atoms with Crippen LogP contribution in [0.15, 0.2) is 65.4 Å². The first kappa shape index (κ1) is 15.2. The predicted octanol–water partition coefficient (Wildman–Crippen LogP) is 3.79. The van der Waals surface area contributed by atoms with Gasteiger partial charge in [-0.05, 0) is 13.0 Å². The van der Waals surface area contributed by atoms with Gasteiger partial charge in [-0.2, -0.15) is 5.26 Å². The summed E-state index contributed by atoms with van der Waals surface area (Å²) in [7, 11) is 1.60. The molecule has 0 fully saturated rings. The molecule has 2 aromatic carbocycles. The summed E-state index contributed by atoms with van der Waals surface area (Å²) in [6.07, 6.45) is 0. The lowest BCUT2D eigenvalue weighted by molar-refractivity contribution is 0.103. The van der Waals surface area contributed by atoms with E-state index in [1.165, 1.54) is 0 Å². The SMILES string of the molecule is COc1ccccc1C1C(C#N)=C(C)NC2=C1C(=O)c1ccccc12. The van der Waals surface area contributed by atoms with Crippen LogP contribution in [0.5, 0.6) is 5.75 Å². The molecule has 0 bridgehead atoms. The molecule has 1 N–H and O–H groups in total. The fourth-order valence-electron chi connectivity index (χ4n) is 3.69. The van der Waals surface area contributed by atoms with Gasteiger partial charge >= 0.3 is 0 Å². The molecule has 25 heavy (non-hydrogen) atoms. The average Bonchev–Trinajstić information content (AvgIpc) is 2.93. The number of dihydropyridines is 1. The van der Waals surface area contributed by atoms with Crippen LogP contribution < -0.4 is 10.1 Å². The number of ketones is 1. The van der Waals surface area contributed by atoms with E-state index >= 15 is 0 Å². The third-order valence-corrected chi connectivity index (χ3v) is 4.82. The number of fused-ring (bicyclic) bond motifs is 2. The fraction of sp³-hybridized carbons (Fsp3) is 0.143. The molecular formula is C21H16N2O2. The van der Waals surface area contributed by atoms with Gasteiger partial charge in [-0.15, -0.1) is 0 Å². The Balaban J connectivity index is 1.99. The third-order valence-electron chi connectivity index (χ3n) is 4.82. The molecule has 1 heterocycles. The normalized spacial score (nSPS) is 18.4. The number of nitrogens with zero attached hydrogens (tertiary/aromatic N) is 1. The zero-order valence-electron chi connectivity index (χ0n) is 14.0. The van der Waals surface area contributed by atoms with Gasteiger partial charge in [0.15, 0.2) is 5.78 Å². The molecule has 1 aliphatic carbocycles. The Morgan fingerprint density at radius 1 is 1.08 bits per heavy atom. The van der Waals surface area contributed by atoms with Crippen molar-refractivity contribution in [3.63, 3.8) is 0 Å². The molecule has 0 spiro atoms. The van der Waals surface area contributed by atoms with Gasteiger partial charge in [0.2, 0.25) is 0 Å². The van der Waals surface area contributed by atoms with E-state index in [1.54, 1.807) is 7.11 Å². The number of benzene rings is 2. The molecular weight excluding hydrogens is 312 g/mol. The van der Waals surface area contributed by atoms with E-state index in [-0.39, 0.29) is 5.78 Å². The average molecular weight is 328 g/mol. The number of nitriles is 1. The first-order valence-corrected chi connectivity index (χ1v) is 8.06. The molecule has 4 rings (SSSR count). The second-order valence-electron chi connectivity index (χ2n) is 6.11. The number of para-hydroxylation sites is 1. The Morgan fingerprint density at radius 2 is 1.76 bits per heavy atom. The number of Topliss-reactive ketones (excluding diaryl/α,β-unsaturated/α-hetero) is 1. The summed E-state index contributed by atoms with van der Waals surface area (Å²) in [6, 6.07) is 17.4. The number of hydrogen-bond donors (Lipinski definition) is 1. The van der Waals surface area contributed by atoms with Gasteiger partial charge < -0.3 is 10.1 Å². The first-order valence-electron chi connectivity index (χ1n) is 8.06. The summed E-state index contributed by atoms with van der Waals surface area (Å²) >= 11 is 0. The van der Waals surface area contributed by atoms with Crippen molar-refractivity contribution in [1.82, 2.24) is 5.32 Å². The van der Waals surface area contributed by atoms with Crippen LogP contribution in [0.4, 0.5) is 0 Å². The van der Waals surface area contributed by atoms with Gasteiger partial charge in [-0.3, -0.25) is 4.79 Å². The summed E-state index contributed by atoms with van der Waals surface area (Å²) < 4.78 is 5.50. The highest BCUT2D eigenvalue weighted by atomic mass is 16.5. The number of allylic oxidation sites excluding steroid dienone is 3. The van der Waals surface area contributed by atoms with Crippen molar-refractivity contribution < 1.29 is 9.53 Å². The second kappa shape index (κ2) is 5.64. The van der Waals surface area contributed by atoms with Crippen molar-refractivity contribution >= 4 is 11.5 Å². The maximum absolute atomic E-state index is 13.1. The van der Waals surface area contributed by atoms with Gasteiger partial charge in [0, 0.05) is 28.0 Å². The van der Waals surface area contributed by atoms with Crippen LogP contribution in [-0.4, -0.2) is 12.9 Å². The quantitative estimate of drug-likeness (QED) is 0.911. The standard InChI is InChI=1S/C21H16N2O2/c1-12-16(11-22)18(15-9-5-6-10-17(15)25-2)19-20(23-12)13-7-3-4-8-14(13)21(19)24/h3-10,18,23H,1-2H3. The molecule has 2 aliphatic rings. The van der Waals surface area contributed by atoms with E-state index in [1.807, 2.05) is 55.5 Å². The summed E-state index contributed by atoms with van der Waals surface area (Å²) in [6.45, 7) is 1.87. The number of hydrogen-bond acceptors (Lipinski definition) is 4. The van der Waals surface area contributed by atoms with E-state index < -0.39 is 5.92 Å². The number of rotatable bonds is 2. The number of methoxy groups -OCH3 is 1. The predicted molar refractivity (Wildman–Crippen MR) is 94.9 cm³/mol. The monoisotopic (exact) mass is 328 g/mol. The van der Waals surface area contributed by atoms with Gasteiger partial charge in [0.25, 0.3) is 0 Å². The molecule has 0 aromatic heterocycles. The first-order chi connectivity index (χ1) is 12.2. The number of ether oxygens (including phenoxy) is 1. The second-order valence-corrected chi connectivity index (χ2v) is 6.11. The minimum absolute atomic E-state index is 0.0331. The van der Waals surface area contributed by atoms with E-state index in [4.69, 9.17) is 4.74 Å². The van der Waals surface area contributed by atoms with Crippen molar-refractivity contribution in [3.05, 3.63) is 82.1 Å². The molecule has 0 saturated heterocycles. The molecule has 4 heteroatoms. The smallest absolute Gasteiger partial charge is 0.192 e. The van der Waals surface area contributed by atoms with Crippen LogP contribution >= 0.6 is 0 Å². The molecule has 1 unspecified atom stereocenters. The van der Waals surface area contributed by atoms with Crippen LogP contribution in [0.3, 0.4) is 0 Å². The maximum atomic E-state index is 13.1. The lowest BCUT2D eigenvalue weighted by Gasteiger charge is -2.27. The largest absolute Gasteiger partial charge is 0.496 e. The molecule has 0 amide bonds. The van der Waals surface area contributed by atoms with Crippen molar-refractivity contribution in [2.24, 2.45) is 0 Å². The summed E-state index contributed by atoms with van der Waals surface area (Å²) in [5.41, 5.74) is 5.12. The lowest BCUT2D eigenvalue weighted by atomic mass is 9.80. The number of carbonyl (C=O) groups is 1. The van der Waals surface area contributed by atoms with E-state index in [0.29, 0.717) is 22.5 Å². The van der Waals surface area contributed by atoms with Gasteiger partial charge in [-0.25, -0.2) is 0 Å². The van der Waals surface area contributed by atoms with Crippen molar-refractivity contribution in [3.8, 4) is 11.8 Å². The Labute approximate surface area is 146 Å². The third kappa shape index (κ3) is 2.10. The Bertz CT molecular complexity index is 1010. The lowest BCUT2D eigenvalue weighted by Crippen LogP contribution is -2.24. The topological polar surface area (TPSA) is 62.1 Å². The summed E-state index contributed by atoms with van der Waals surface area (Å²) in [5, 5.41) is 13.0. The van der Waals surface area contributed by atoms with Gasteiger partial charge in [-0.1, -0.05) is 42.5 Å². The van der Waals surface area contributed by atoms with Crippen LogP contribution in [0.25, 0.3) is 5.70 Å². The van der Waals surface area contributed by atoms with Crippen molar-refractivity contribution in [2.75, 3.05) is 7.11 Å². The summed E-state index contributed by atoms with van der Waals surface area (Å²) in [5.74, 6) is 0.206. The number of carbonyl (C=O) groups excluding carboxylic acids is 1. The van der Waals surface area contributed by atoms with E-state index in [2.05, 4.69) is 11.4 Å². The molecule has 1 aliphatic heterocycles. The molecule has 4 nitrogen and oxygen atoms in total. The van der Waals surface area contributed by atoms with Crippen molar-refractivity contribution in [1.29, 1.82) is 5.26 Å². The molecule has 2 aromatic rings. The molecule has 0 radical (unpaired) electrons. The fourth-order valence-corrected chi connectivity index (χ4v) is 3.69. The van der Waals surface area contributed by atoms with Crippen LogP contribution in [0.2, 0.25) is 0 Å². The zero-order chi connectivity index (χ0) is 17.6.